The molecular formula is C10H10O4. The van der Waals surface area contributed by atoms with Gasteiger partial charge in [0.15, 0.2) is 5.60 Å². The molecule has 0 bridgehead atoms. The number of carbonyl (C=O) groups excluding carboxylic acids is 2. The monoisotopic (exact) mass is 194 g/mol. The molecule has 0 aromatic heterocycles. The summed E-state index contributed by atoms with van der Waals surface area (Å²) < 4.78 is 10.0. The predicted octanol–water partition coefficient (Wildman–Crippen LogP) is 0.586. The van der Waals surface area contributed by atoms with Crippen molar-refractivity contribution in [3.8, 4) is 0 Å². The molecule has 4 heteroatoms. The van der Waals surface area contributed by atoms with Crippen LogP contribution in [0.1, 0.15) is 6.42 Å². The van der Waals surface area contributed by atoms with Gasteiger partial charge in [-0.1, -0.05) is 13.2 Å². The molecule has 4 nitrogen and oxygen atoms in total. The summed E-state index contributed by atoms with van der Waals surface area (Å²) in [4.78, 5) is 21.7. The van der Waals surface area contributed by atoms with Crippen LogP contribution in [0.5, 0.6) is 0 Å². The number of rotatable bonds is 4. The van der Waals surface area contributed by atoms with Crippen molar-refractivity contribution in [2.75, 3.05) is 0 Å². The molecule has 0 radical (unpaired) electrons. The molecule has 74 valence electrons. The summed E-state index contributed by atoms with van der Waals surface area (Å²) in [5, 5.41) is 0. The van der Waals surface area contributed by atoms with Gasteiger partial charge in [-0.15, -0.1) is 0 Å². The summed E-state index contributed by atoms with van der Waals surface area (Å²) in [6.07, 6.45) is 2.72. The number of ether oxygens (including phenoxy) is 2. The third-order valence-electron chi connectivity index (χ3n) is 2.61. The Morgan fingerprint density at radius 2 is 1.93 bits per heavy atom. The van der Waals surface area contributed by atoms with Crippen LogP contribution in [0.25, 0.3) is 0 Å². The van der Waals surface area contributed by atoms with E-state index in [1.165, 1.54) is 0 Å². The molecule has 0 aromatic carbocycles. The predicted molar refractivity (Wildman–Crippen MR) is 47.2 cm³/mol. The van der Waals surface area contributed by atoms with Gasteiger partial charge in [-0.05, 0) is 0 Å². The van der Waals surface area contributed by atoms with Crippen LogP contribution in [0.2, 0.25) is 0 Å². The molecule has 0 spiro atoms. The van der Waals surface area contributed by atoms with Crippen molar-refractivity contribution < 1.29 is 19.1 Å². The minimum Gasteiger partial charge on any atom is -0.454 e. The second-order valence-electron chi connectivity index (χ2n) is 3.45. The maximum atomic E-state index is 10.9. The van der Waals surface area contributed by atoms with Crippen molar-refractivity contribution in [3.63, 3.8) is 0 Å². The first-order valence-corrected chi connectivity index (χ1v) is 4.32. The molecule has 0 heterocycles. The second-order valence-corrected chi connectivity index (χ2v) is 3.45. The Labute approximate surface area is 81.2 Å². The number of fused-ring (bicyclic) bond motifs is 1. The highest BCUT2D eigenvalue weighted by atomic mass is 16.6. The van der Waals surface area contributed by atoms with E-state index in [4.69, 9.17) is 9.47 Å². The summed E-state index contributed by atoms with van der Waals surface area (Å²) in [6, 6.07) is 0. The maximum Gasteiger partial charge on any atom is 0.330 e. The lowest BCUT2D eigenvalue weighted by atomic mass is 10.3. The fraction of sp³-hybridized carbons (Fsp3) is 0.400. The van der Waals surface area contributed by atoms with Crippen LogP contribution in [0, 0.1) is 5.92 Å². The Morgan fingerprint density at radius 1 is 1.29 bits per heavy atom. The van der Waals surface area contributed by atoms with E-state index < -0.39 is 17.5 Å². The number of hydrogen-bond acceptors (Lipinski definition) is 4. The van der Waals surface area contributed by atoms with Crippen LogP contribution in [0.4, 0.5) is 0 Å². The van der Waals surface area contributed by atoms with Gasteiger partial charge in [0.25, 0.3) is 0 Å². The molecule has 2 aliphatic carbocycles. The van der Waals surface area contributed by atoms with E-state index >= 15 is 0 Å². The zero-order valence-corrected chi connectivity index (χ0v) is 7.56. The summed E-state index contributed by atoms with van der Waals surface area (Å²) in [7, 11) is 0. The normalized spacial score (nSPS) is 36.3. The molecular weight excluding hydrogens is 184 g/mol. The first kappa shape index (κ1) is 8.99. The molecule has 0 amide bonds. The van der Waals surface area contributed by atoms with Crippen molar-refractivity contribution >= 4 is 11.9 Å². The van der Waals surface area contributed by atoms with Gasteiger partial charge < -0.3 is 9.47 Å². The molecule has 0 saturated heterocycles. The first-order chi connectivity index (χ1) is 6.64. The highest BCUT2D eigenvalue weighted by molar-refractivity contribution is 5.84. The fourth-order valence-corrected chi connectivity index (χ4v) is 1.56. The zero-order chi connectivity index (χ0) is 10.3. The van der Waals surface area contributed by atoms with Crippen LogP contribution in [-0.4, -0.2) is 23.6 Å². The molecule has 3 atom stereocenters. The molecule has 2 aliphatic rings. The molecule has 2 fully saturated rings. The summed E-state index contributed by atoms with van der Waals surface area (Å²) >= 11 is 0. The van der Waals surface area contributed by atoms with Crippen molar-refractivity contribution in [2.45, 2.75) is 18.1 Å². The third kappa shape index (κ3) is 1.14. The lowest BCUT2D eigenvalue weighted by Gasteiger charge is -2.11. The van der Waals surface area contributed by atoms with E-state index in [0.717, 1.165) is 18.6 Å². The highest BCUT2D eigenvalue weighted by Crippen LogP contribution is 2.70. The summed E-state index contributed by atoms with van der Waals surface area (Å²) in [6.45, 7) is 6.58. The standard InChI is InChI=1S/C10H10O4/c1-3-7(11)13-9-6-5-10(6,9)14-8(12)4-2/h3-4,6,9H,1-2,5H2. The number of hydrogen-bond donors (Lipinski definition) is 0. The molecule has 2 saturated carbocycles. The minimum absolute atomic E-state index is 0.190. The smallest absolute Gasteiger partial charge is 0.330 e. The van der Waals surface area contributed by atoms with Gasteiger partial charge >= 0.3 is 11.9 Å². The molecule has 3 unspecified atom stereocenters. The van der Waals surface area contributed by atoms with Crippen LogP contribution < -0.4 is 0 Å². The molecule has 14 heavy (non-hydrogen) atoms. The van der Waals surface area contributed by atoms with E-state index in [1.54, 1.807) is 0 Å². The number of carbonyl (C=O) groups is 2. The van der Waals surface area contributed by atoms with Crippen LogP contribution in [-0.2, 0) is 19.1 Å². The molecule has 2 rings (SSSR count). The van der Waals surface area contributed by atoms with Crippen LogP contribution >= 0.6 is 0 Å². The van der Waals surface area contributed by atoms with Gasteiger partial charge in [-0.2, -0.15) is 0 Å². The molecule has 0 aliphatic heterocycles. The zero-order valence-electron chi connectivity index (χ0n) is 7.56. The van der Waals surface area contributed by atoms with Gasteiger partial charge in [0.2, 0.25) is 0 Å². The maximum absolute atomic E-state index is 10.9. The largest absolute Gasteiger partial charge is 0.454 e. The Morgan fingerprint density at radius 3 is 2.43 bits per heavy atom. The lowest BCUT2D eigenvalue weighted by Crippen LogP contribution is -2.21. The minimum atomic E-state index is -0.524. The van der Waals surface area contributed by atoms with Gasteiger partial charge in [0.05, 0.1) is 0 Å². The van der Waals surface area contributed by atoms with Crippen LogP contribution in [0.15, 0.2) is 25.3 Å². The topological polar surface area (TPSA) is 52.6 Å². The number of esters is 2. The third-order valence-corrected chi connectivity index (χ3v) is 2.61. The molecule has 0 aromatic rings. The lowest BCUT2D eigenvalue weighted by molar-refractivity contribution is -0.152. The average Bonchev–Trinajstić information content (AvgIpc) is 3.02. The van der Waals surface area contributed by atoms with Gasteiger partial charge in [0, 0.05) is 24.5 Å². The summed E-state index contributed by atoms with van der Waals surface area (Å²) in [5.74, 6) is -0.754. The van der Waals surface area contributed by atoms with E-state index in [-0.39, 0.29) is 12.0 Å². The van der Waals surface area contributed by atoms with Crippen LogP contribution in [0.3, 0.4) is 0 Å². The Bertz CT molecular complexity index is 333. The van der Waals surface area contributed by atoms with E-state index in [9.17, 15) is 9.59 Å². The summed E-state index contributed by atoms with van der Waals surface area (Å²) in [5.41, 5.74) is -0.524. The van der Waals surface area contributed by atoms with Crippen molar-refractivity contribution in [3.05, 3.63) is 25.3 Å². The first-order valence-electron chi connectivity index (χ1n) is 4.32. The van der Waals surface area contributed by atoms with Gasteiger partial charge in [0.1, 0.15) is 6.10 Å². The van der Waals surface area contributed by atoms with E-state index in [2.05, 4.69) is 13.2 Å². The SMILES string of the molecule is C=CC(=O)OC1C2CC21OC(=O)C=C. The van der Waals surface area contributed by atoms with E-state index in [1.807, 2.05) is 0 Å². The van der Waals surface area contributed by atoms with E-state index in [0.29, 0.717) is 0 Å². The van der Waals surface area contributed by atoms with Gasteiger partial charge in [-0.3, -0.25) is 0 Å². The highest BCUT2D eigenvalue weighted by Gasteiger charge is 2.85. The van der Waals surface area contributed by atoms with Crippen molar-refractivity contribution in [1.82, 2.24) is 0 Å². The van der Waals surface area contributed by atoms with Crippen molar-refractivity contribution in [1.29, 1.82) is 0 Å². The average molecular weight is 194 g/mol. The Hall–Kier alpha value is -1.58. The molecule has 0 N–H and O–H groups in total. The Kier molecular flexibility index (Phi) is 1.74. The van der Waals surface area contributed by atoms with Gasteiger partial charge in [-0.25, -0.2) is 9.59 Å². The Balaban J connectivity index is 1.86. The fourth-order valence-electron chi connectivity index (χ4n) is 1.56. The second kappa shape index (κ2) is 2.70. The quantitative estimate of drug-likeness (QED) is 0.485. The van der Waals surface area contributed by atoms with Crippen molar-refractivity contribution in [2.24, 2.45) is 5.92 Å².